The molecule has 1 rings (SSSR count). The van der Waals surface area contributed by atoms with Crippen LogP contribution in [0.1, 0.15) is 70.0 Å². The molecule has 0 bridgehead atoms. The first-order chi connectivity index (χ1) is 16.4. The summed E-state index contributed by atoms with van der Waals surface area (Å²) in [6.07, 6.45) is 1.16. The van der Waals surface area contributed by atoms with E-state index in [-0.39, 0.29) is 11.3 Å². The number of hydrogen-bond acceptors (Lipinski definition) is 9. The Kier molecular flexibility index (Phi) is 9.52. The van der Waals surface area contributed by atoms with Gasteiger partial charge >= 0.3 is 29.5 Å². The van der Waals surface area contributed by atoms with Crippen LogP contribution in [-0.4, -0.2) is 55.2 Å². The second-order valence-electron chi connectivity index (χ2n) is 9.69. The van der Waals surface area contributed by atoms with Gasteiger partial charge in [-0.25, -0.2) is 23.6 Å². The van der Waals surface area contributed by atoms with Crippen LogP contribution in [-0.2, 0) is 43.8 Å². The smallest absolute Gasteiger partial charge is 0.361 e. The summed E-state index contributed by atoms with van der Waals surface area (Å²) < 4.78 is 36.2. The second kappa shape index (κ2) is 11.3. The summed E-state index contributed by atoms with van der Waals surface area (Å²) in [5.41, 5.74) is -7.28. The van der Waals surface area contributed by atoms with Crippen LogP contribution in [0.3, 0.4) is 0 Å². The van der Waals surface area contributed by atoms with Crippen molar-refractivity contribution in [3.05, 3.63) is 40.6 Å². The van der Waals surface area contributed by atoms with E-state index in [9.17, 15) is 24.0 Å². The third-order valence-corrected chi connectivity index (χ3v) is 4.21. The van der Waals surface area contributed by atoms with Crippen LogP contribution in [0.15, 0.2) is 23.9 Å². The lowest BCUT2D eigenvalue weighted by Crippen LogP contribution is -2.47. The number of carbonyl (C=O) groups is 5. The quantitative estimate of drug-likeness (QED) is 0.255. The van der Waals surface area contributed by atoms with Gasteiger partial charge in [0.25, 0.3) is 0 Å². The molecule has 10 nitrogen and oxygen atoms in total. The van der Waals surface area contributed by atoms with Crippen molar-refractivity contribution < 1.29 is 47.3 Å². The summed E-state index contributed by atoms with van der Waals surface area (Å²) >= 11 is 0. The molecule has 36 heavy (non-hydrogen) atoms. The Morgan fingerprint density at radius 2 is 1.36 bits per heavy atom. The van der Waals surface area contributed by atoms with Gasteiger partial charge in [-0.05, 0) is 59.2 Å². The number of halogens is 1. The molecule has 1 aromatic carbocycles. The number of rotatable bonds is 7. The van der Waals surface area contributed by atoms with E-state index in [0.29, 0.717) is 0 Å². The minimum Gasteiger partial charge on any atom is -0.465 e. The van der Waals surface area contributed by atoms with Gasteiger partial charge in [0.15, 0.2) is 0 Å². The average molecular weight is 510 g/mol. The van der Waals surface area contributed by atoms with E-state index in [1.54, 1.807) is 0 Å². The zero-order valence-electron chi connectivity index (χ0n) is 21.9. The molecule has 0 spiro atoms. The molecule has 0 saturated carbocycles. The van der Waals surface area contributed by atoms with Crippen LogP contribution < -0.4 is 5.32 Å². The third kappa shape index (κ3) is 7.89. The standard InChI is InChI=1S/C25H32FNO9/c1-14(28)27-18(20(30)34-9)13-15-10-11-17(16(12-15)19(29)33-8)25(26,21(31)35-23(2,3)4)22(32)36-24(5,6)7/h10-13H,1-9H3,(H,27,28)/b18-13-. The first-order valence-corrected chi connectivity index (χ1v) is 10.8. The molecule has 0 aliphatic heterocycles. The fourth-order valence-corrected chi connectivity index (χ4v) is 2.84. The molecule has 0 radical (unpaired) electrons. The molecule has 0 saturated heterocycles. The summed E-state index contributed by atoms with van der Waals surface area (Å²) in [7, 11) is 2.12. The summed E-state index contributed by atoms with van der Waals surface area (Å²) in [6, 6.07) is 3.29. The van der Waals surface area contributed by atoms with Crippen molar-refractivity contribution in [1.29, 1.82) is 0 Å². The Balaban J connectivity index is 3.88. The molecular formula is C25H32FNO9. The minimum atomic E-state index is -3.55. The maximum absolute atomic E-state index is 16.6. The molecule has 198 valence electrons. The van der Waals surface area contributed by atoms with Gasteiger partial charge in [-0.15, -0.1) is 0 Å². The molecule has 0 aliphatic rings. The van der Waals surface area contributed by atoms with Gasteiger partial charge in [0, 0.05) is 12.5 Å². The highest BCUT2D eigenvalue weighted by Gasteiger charge is 2.55. The Morgan fingerprint density at radius 1 is 0.861 bits per heavy atom. The van der Waals surface area contributed by atoms with Crippen molar-refractivity contribution in [2.24, 2.45) is 0 Å². The van der Waals surface area contributed by atoms with Gasteiger partial charge in [0.2, 0.25) is 5.91 Å². The van der Waals surface area contributed by atoms with Crippen molar-refractivity contribution in [3.63, 3.8) is 0 Å². The second-order valence-corrected chi connectivity index (χ2v) is 9.69. The van der Waals surface area contributed by atoms with Crippen molar-refractivity contribution in [3.8, 4) is 0 Å². The Morgan fingerprint density at radius 3 is 1.75 bits per heavy atom. The van der Waals surface area contributed by atoms with Gasteiger partial charge in [-0.3, -0.25) is 4.79 Å². The lowest BCUT2D eigenvalue weighted by molar-refractivity contribution is -0.188. The molecule has 0 fully saturated rings. The van der Waals surface area contributed by atoms with E-state index in [0.717, 1.165) is 32.4 Å². The van der Waals surface area contributed by atoms with Gasteiger partial charge < -0.3 is 24.3 Å². The van der Waals surface area contributed by atoms with Gasteiger partial charge in [0.1, 0.15) is 16.9 Å². The van der Waals surface area contributed by atoms with E-state index < -0.39 is 57.8 Å². The van der Waals surface area contributed by atoms with Crippen LogP contribution in [0.4, 0.5) is 4.39 Å². The van der Waals surface area contributed by atoms with Gasteiger partial charge in [-0.1, -0.05) is 12.1 Å². The van der Waals surface area contributed by atoms with Crippen molar-refractivity contribution in [2.75, 3.05) is 14.2 Å². The van der Waals surface area contributed by atoms with Crippen LogP contribution in [0.2, 0.25) is 0 Å². The van der Waals surface area contributed by atoms with Gasteiger partial charge in [-0.2, -0.15) is 0 Å². The van der Waals surface area contributed by atoms with Crippen molar-refractivity contribution >= 4 is 35.9 Å². The fourth-order valence-electron chi connectivity index (χ4n) is 2.84. The monoisotopic (exact) mass is 509 g/mol. The number of ether oxygens (including phenoxy) is 4. The largest absolute Gasteiger partial charge is 0.465 e. The zero-order valence-corrected chi connectivity index (χ0v) is 21.9. The number of esters is 4. The highest BCUT2D eigenvalue weighted by Crippen LogP contribution is 2.36. The van der Waals surface area contributed by atoms with E-state index in [2.05, 4.69) is 10.1 Å². The topological polar surface area (TPSA) is 134 Å². The van der Waals surface area contributed by atoms with Crippen LogP contribution in [0.25, 0.3) is 6.08 Å². The Labute approximate surface area is 209 Å². The number of nitrogens with one attached hydrogen (secondary N) is 1. The molecular weight excluding hydrogens is 477 g/mol. The highest BCUT2D eigenvalue weighted by atomic mass is 19.1. The molecule has 0 atom stereocenters. The molecule has 1 N–H and O–H groups in total. The molecule has 1 amide bonds. The van der Waals surface area contributed by atoms with E-state index >= 15 is 4.39 Å². The zero-order chi connectivity index (χ0) is 28.1. The van der Waals surface area contributed by atoms with E-state index in [4.69, 9.17) is 14.2 Å². The first-order valence-electron chi connectivity index (χ1n) is 10.8. The van der Waals surface area contributed by atoms with E-state index in [1.165, 1.54) is 54.5 Å². The average Bonchev–Trinajstić information content (AvgIpc) is 2.74. The number of alkyl halides is 1. The molecule has 0 aliphatic carbocycles. The van der Waals surface area contributed by atoms with E-state index in [1.807, 2.05) is 0 Å². The predicted octanol–water partition coefficient (Wildman–Crippen LogP) is 2.97. The minimum absolute atomic E-state index is 0.115. The third-order valence-electron chi connectivity index (χ3n) is 4.21. The molecule has 1 aromatic rings. The maximum Gasteiger partial charge on any atom is 0.361 e. The van der Waals surface area contributed by atoms with Crippen molar-refractivity contribution in [2.45, 2.75) is 65.3 Å². The number of benzene rings is 1. The summed E-state index contributed by atoms with van der Waals surface area (Å²) in [5.74, 6) is -5.74. The molecule has 0 heterocycles. The molecule has 0 unspecified atom stereocenters. The van der Waals surface area contributed by atoms with Crippen LogP contribution >= 0.6 is 0 Å². The summed E-state index contributed by atoms with van der Waals surface area (Å²) in [5, 5.41) is 2.28. The number of amides is 1. The lowest BCUT2D eigenvalue weighted by Gasteiger charge is -2.30. The molecule has 11 heteroatoms. The maximum atomic E-state index is 16.6. The van der Waals surface area contributed by atoms with Crippen LogP contribution in [0.5, 0.6) is 0 Å². The Bertz CT molecular complexity index is 1050. The number of carbonyl (C=O) groups excluding carboxylic acids is 5. The predicted molar refractivity (Wildman–Crippen MR) is 126 cm³/mol. The molecule has 0 aromatic heterocycles. The summed E-state index contributed by atoms with van der Waals surface area (Å²) in [6.45, 7) is 10.0. The lowest BCUT2D eigenvalue weighted by atomic mass is 9.89. The van der Waals surface area contributed by atoms with Crippen LogP contribution in [0, 0.1) is 0 Å². The number of hydrogen-bond donors (Lipinski definition) is 1. The fraction of sp³-hybridized carbons (Fsp3) is 0.480. The number of methoxy groups -OCH3 is 2. The normalized spacial score (nSPS) is 12.3. The van der Waals surface area contributed by atoms with Crippen molar-refractivity contribution in [1.82, 2.24) is 5.32 Å². The Hall–Kier alpha value is -3.76. The van der Waals surface area contributed by atoms with Gasteiger partial charge in [0.05, 0.1) is 19.8 Å². The highest BCUT2D eigenvalue weighted by molar-refractivity contribution is 6.08. The SMILES string of the molecule is COC(=O)/C(=C/c1ccc(C(F)(C(=O)OC(C)(C)C)C(=O)OC(C)(C)C)c(C(=O)OC)c1)NC(C)=O. The summed E-state index contributed by atoms with van der Waals surface area (Å²) in [4.78, 5) is 62.1. The first kappa shape index (κ1) is 30.3.